The Kier molecular flexibility index (Phi) is 7.46. The van der Waals surface area contributed by atoms with E-state index in [2.05, 4.69) is 20.5 Å². The molecule has 1 atom stereocenters. The standard InChI is InChI=1S/C18H25N5O3.ClH/c1-22-8-7-20-18(22)14-11-19-6-9-23(14)12-17(24)21-13-4-5-15(25-2)16(10-13)26-3;/h4-5,7-8,10,14,19H,6,9,11-12H2,1-3H3,(H,21,24);1H. The average Bonchev–Trinajstić information content (AvgIpc) is 3.07. The number of ether oxygens (including phenoxy) is 2. The maximum atomic E-state index is 12.6. The van der Waals surface area contributed by atoms with Gasteiger partial charge in [-0.2, -0.15) is 0 Å². The van der Waals surface area contributed by atoms with E-state index in [-0.39, 0.29) is 24.4 Å². The molecule has 1 amide bonds. The van der Waals surface area contributed by atoms with Crippen molar-refractivity contribution in [2.75, 3.05) is 45.7 Å². The maximum absolute atomic E-state index is 12.6. The van der Waals surface area contributed by atoms with E-state index >= 15 is 0 Å². The molecule has 1 fully saturated rings. The first kappa shape index (κ1) is 21.0. The summed E-state index contributed by atoms with van der Waals surface area (Å²) < 4.78 is 12.5. The molecule has 8 nitrogen and oxygen atoms in total. The van der Waals surface area contributed by atoms with E-state index in [9.17, 15) is 4.79 Å². The van der Waals surface area contributed by atoms with Crippen LogP contribution in [0.1, 0.15) is 11.9 Å². The molecule has 1 aromatic carbocycles. The Morgan fingerprint density at radius 3 is 2.78 bits per heavy atom. The smallest absolute Gasteiger partial charge is 0.238 e. The van der Waals surface area contributed by atoms with Gasteiger partial charge in [0.05, 0.1) is 26.8 Å². The molecule has 0 radical (unpaired) electrons. The first-order chi connectivity index (χ1) is 12.6. The Bertz CT molecular complexity index is 767. The van der Waals surface area contributed by atoms with Crippen molar-refractivity contribution < 1.29 is 14.3 Å². The highest BCUT2D eigenvalue weighted by atomic mass is 35.5. The Balaban J connectivity index is 0.00000261. The number of amides is 1. The molecule has 0 aliphatic carbocycles. The first-order valence-electron chi connectivity index (χ1n) is 8.56. The van der Waals surface area contributed by atoms with Crippen LogP contribution in [0.15, 0.2) is 30.6 Å². The largest absolute Gasteiger partial charge is 0.493 e. The molecule has 27 heavy (non-hydrogen) atoms. The Morgan fingerprint density at radius 1 is 1.33 bits per heavy atom. The maximum Gasteiger partial charge on any atom is 0.238 e. The van der Waals surface area contributed by atoms with Crippen molar-refractivity contribution in [1.29, 1.82) is 0 Å². The van der Waals surface area contributed by atoms with Crippen molar-refractivity contribution in [3.05, 3.63) is 36.4 Å². The molecule has 1 unspecified atom stereocenters. The topological polar surface area (TPSA) is 80.7 Å². The summed E-state index contributed by atoms with van der Waals surface area (Å²) in [4.78, 5) is 19.2. The Morgan fingerprint density at radius 2 is 2.11 bits per heavy atom. The van der Waals surface area contributed by atoms with Crippen LogP contribution < -0.4 is 20.1 Å². The van der Waals surface area contributed by atoms with E-state index in [0.29, 0.717) is 23.7 Å². The highest BCUT2D eigenvalue weighted by Crippen LogP contribution is 2.29. The SMILES string of the molecule is COc1ccc(NC(=O)CN2CCNCC2c2nccn2C)cc1OC.Cl. The molecular formula is C18H26ClN5O3. The fourth-order valence-corrected chi connectivity index (χ4v) is 3.19. The number of anilines is 1. The number of imidazole rings is 1. The number of aryl methyl sites for hydroxylation is 1. The molecule has 9 heteroatoms. The third-order valence-electron chi connectivity index (χ3n) is 4.52. The normalized spacial score (nSPS) is 17.1. The van der Waals surface area contributed by atoms with Crippen LogP contribution in [0.4, 0.5) is 5.69 Å². The van der Waals surface area contributed by atoms with Crippen LogP contribution in [0.5, 0.6) is 11.5 Å². The van der Waals surface area contributed by atoms with Gasteiger partial charge in [-0.05, 0) is 12.1 Å². The van der Waals surface area contributed by atoms with Crippen LogP contribution in [0, 0.1) is 0 Å². The van der Waals surface area contributed by atoms with Gasteiger partial charge in [0.1, 0.15) is 5.82 Å². The van der Waals surface area contributed by atoms with Gasteiger partial charge in [0.25, 0.3) is 0 Å². The number of benzene rings is 1. The lowest BCUT2D eigenvalue weighted by Gasteiger charge is -2.35. The molecule has 2 aromatic rings. The fourth-order valence-electron chi connectivity index (χ4n) is 3.19. The number of carbonyl (C=O) groups excluding carboxylic acids is 1. The van der Waals surface area contributed by atoms with Crippen LogP contribution in [0.3, 0.4) is 0 Å². The van der Waals surface area contributed by atoms with Crippen LogP contribution in [-0.4, -0.2) is 60.8 Å². The number of nitrogens with one attached hydrogen (secondary N) is 2. The van der Waals surface area contributed by atoms with Crippen LogP contribution in [0.2, 0.25) is 0 Å². The number of hydrogen-bond acceptors (Lipinski definition) is 6. The van der Waals surface area contributed by atoms with E-state index in [1.54, 1.807) is 38.6 Å². The molecule has 0 saturated carbocycles. The van der Waals surface area contributed by atoms with Gasteiger partial charge in [0, 0.05) is 50.8 Å². The summed E-state index contributed by atoms with van der Waals surface area (Å²) in [5.41, 5.74) is 0.677. The fraction of sp³-hybridized carbons (Fsp3) is 0.444. The molecule has 3 rings (SSSR count). The van der Waals surface area contributed by atoms with Crippen molar-refractivity contribution >= 4 is 24.0 Å². The summed E-state index contributed by atoms with van der Waals surface area (Å²) in [6, 6.07) is 5.40. The van der Waals surface area contributed by atoms with E-state index in [0.717, 1.165) is 25.5 Å². The van der Waals surface area contributed by atoms with Gasteiger partial charge in [-0.1, -0.05) is 0 Å². The van der Waals surface area contributed by atoms with Gasteiger partial charge in [-0.3, -0.25) is 9.69 Å². The molecule has 0 spiro atoms. The van der Waals surface area contributed by atoms with E-state index in [1.807, 2.05) is 17.8 Å². The minimum atomic E-state index is -0.0710. The predicted molar refractivity (Wildman–Crippen MR) is 106 cm³/mol. The number of nitrogens with zero attached hydrogens (tertiary/aromatic N) is 3. The summed E-state index contributed by atoms with van der Waals surface area (Å²) in [5, 5.41) is 6.31. The third-order valence-corrected chi connectivity index (χ3v) is 4.52. The second-order valence-corrected chi connectivity index (χ2v) is 6.20. The van der Waals surface area contributed by atoms with Crippen molar-refractivity contribution in [3.8, 4) is 11.5 Å². The summed E-state index contributed by atoms with van der Waals surface area (Å²) in [6.45, 7) is 2.71. The van der Waals surface area contributed by atoms with Crippen molar-refractivity contribution in [2.45, 2.75) is 6.04 Å². The van der Waals surface area contributed by atoms with Crippen LogP contribution in [-0.2, 0) is 11.8 Å². The van der Waals surface area contributed by atoms with E-state index in [1.165, 1.54) is 0 Å². The molecule has 1 aliphatic rings. The molecule has 1 saturated heterocycles. The van der Waals surface area contributed by atoms with Crippen molar-refractivity contribution in [2.24, 2.45) is 7.05 Å². The lowest BCUT2D eigenvalue weighted by atomic mass is 10.1. The van der Waals surface area contributed by atoms with Crippen LogP contribution in [0.25, 0.3) is 0 Å². The Hall–Kier alpha value is -2.29. The van der Waals surface area contributed by atoms with Crippen molar-refractivity contribution in [3.63, 3.8) is 0 Å². The summed E-state index contributed by atoms with van der Waals surface area (Å²) in [6.07, 6.45) is 3.71. The third kappa shape index (κ3) is 4.91. The zero-order chi connectivity index (χ0) is 18.5. The van der Waals surface area contributed by atoms with Crippen LogP contribution >= 0.6 is 12.4 Å². The number of carbonyl (C=O) groups is 1. The van der Waals surface area contributed by atoms with E-state index in [4.69, 9.17) is 9.47 Å². The lowest BCUT2D eigenvalue weighted by Crippen LogP contribution is -2.49. The zero-order valence-electron chi connectivity index (χ0n) is 15.8. The number of piperazine rings is 1. The average molecular weight is 396 g/mol. The van der Waals surface area contributed by atoms with Gasteiger partial charge in [0.15, 0.2) is 11.5 Å². The minimum absolute atomic E-state index is 0. The van der Waals surface area contributed by atoms with Crippen molar-refractivity contribution in [1.82, 2.24) is 19.8 Å². The second-order valence-electron chi connectivity index (χ2n) is 6.20. The second kappa shape index (κ2) is 9.59. The predicted octanol–water partition coefficient (Wildman–Crippen LogP) is 1.44. The molecular weight excluding hydrogens is 370 g/mol. The number of hydrogen-bond donors (Lipinski definition) is 2. The lowest BCUT2D eigenvalue weighted by molar-refractivity contribution is -0.118. The summed E-state index contributed by atoms with van der Waals surface area (Å²) >= 11 is 0. The number of methoxy groups -OCH3 is 2. The molecule has 1 aliphatic heterocycles. The molecule has 2 heterocycles. The van der Waals surface area contributed by atoms with E-state index < -0.39 is 0 Å². The summed E-state index contributed by atoms with van der Waals surface area (Å²) in [7, 11) is 5.12. The molecule has 0 bridgehead atoms. The molecule has 2 N–H and O–H groups in total. The highest BCUT2D eigenvalue weighted by molar-refractivity contribution is 5.92. The van der Waals surface area contributed by atoms with Gasteiger partial charge in [-0.25, -0.2) is 4.98 Å². The number of rotatable bonds is 6. The number of aromatic nitrogens is 2. The summed E-state index contributed by atoms with van der Waals surface area (Å²) in [5.74, 6) is 2.09. The van der Waals surface area contributed by atoms with Gasteiger partial charge in [0.2, 0.25) is 5.91 Å². The first-order valence-corrected chi connectivity index (χ1v) is 8.56. The van der Waals surface area contributed by atoms with Gasteiger partial charge in [-0.15, -0.1) is 12.4 Å². The van der Waals surface area contributed by atoms with Gasteiger partial charge < -0.3 is 24.7 Å². The minimum Gasteiger partial charge on any atom is -0.493 e. The number of halogens is 1. The molecule has 148 valence electrons. The zero-order valence-corrected chi connectivity index (χ0v) is 16.6. The van der Waals surface area contributed by atoms with Gasteiger partial charge >= 0.3 is 0 Å². The quantitative estimate of drug-likeness (QED) is 0.770. The monoisotopic (exact) mass is 395 g/mol. The highest BCUT2D eigenvalue weighted by Gasteiger charge is 2.28. The Labute approximate surface area is 165 Å². The molecule has 1 aromatic heterocycles.